The predicted molar refractivity (Wildman–Crippen MR) is 92.2 cm³/mol. The normalized spacial score (nSPS) is 17.5. The van der Waals surface area contributed by atoms with Gasteiger partial charge in [-0.1, -0.05) is 0 Å². The number of nitrogens with zero attached hydrogens (tertiary/aromatic N) is 2. The molecular formula is C19H22FN3O. The number of hydrogen-bond donors (Lipinski definition) is 1. The van der Waals surface area contributed by atoms with Crippen molar-refractivity contribution in [2.75, 3.05) is 18.4 Å². The molecule has 1 aromatic carbocycles. The highest BCUT2D eigenvalue weighted by atomic mass is 19.1. The van der Waals surface area contributed by atoms with Crippen molar-refractivity contribution in [3.8, 4) is 0 Å². The largest absolute Gasteiger partial charge is 0.381 e. The number of aromatic nitrogens is 1. The summed E-state index contributed by atoms with van der Waals surface area (Å²) in [4.78, 5) is 18.4. The van der Waals surface area contributed by atoms with Crippen molar-refractivity contribution < 1.29 is 9.18 Å². The van der Waals surface area contributed by atoms with Gasteiger partial charge in [-0.15, -0.1) is 0 Å². The number of aryl methyl sites for hydroxylation is 1. The van der Waals surface area contributed by atoms with E-state index in [-0.39, 0.29) is 17.8 Å². The highest BCUT2D eigenvalue weighted by Crippen LogP contribution is 2.17. The maximum absolute atomic E-state index is 13.0. The van der Waals surface area contributed by atoms with Gasteiger partial charge >= 0.3 is 0 Å². The van der Waals surface area contributed by atoms with E-state index < -0.39 is 0 Å². The Balaban J connectivity index is 1.51. The van der Waals surface area contributed by atoms with Gasteiger partial charge in [0.1, 0.15) is 5.82 Å². The summed E-state index contributed by atoms with van der Waals surface area (Å²) in [6, 6.07) is 10.5. The van der Waals surface area contributed by atoms with E-state index >= 15 is 0 Å². The Bertz CT molecular complexity index is 660. The minimum atomic E-state index is -0.239. The molecule has 2 aromatic rings. The van der Waals surface area contributed by atoms with Crippen LogP contribution in [-0.2, 0) is 11.2 Å². The van der Waals surface area contributed by atoms with Crippen LogP contribution in [0, 0.1) is 5.82 Å². The predicted octanol–water partition coefficient (Wildman–Crippen LogP) is 3.26. The van der Waals surface area contributed by atoms with Crippen LogP contribution >= 0.6 is 0 Å². The molecule has 5 heteroatoms. The van der Waals surface area contributed by atoms with Crippen LogP contribution < -0.4 is 5.32 Å². The molecule has 0 bridgehead atoms. The Morgan fingerprint density at radius 1 is 1.21 bits per heavy atom. The smallest absolute Gasteiger partial charge is 0.222 e. The lowest BCUT2D eigenvalue weighted by molar-refractivity contribution is -0.132. The Hall–Kier alpha value is -2.43. The molecule has 1 saturated heterocycles. The van der Waals surface area contributed by atoms with E-state index in [2.05, 4.69) is 10.3 Å². The molecule has 1 atom stereocenters. The van der Waals surface area contributed by atoms with Gasteiger partial charge in [-0.25, -0.2) is 4.39 Å². The number of carbonyl (C=O) groups excluding carboxylic acids is 1. The Morgan fingerprint density at radius 3 is 2.71 bits per heavy atom. The van der Waals surface area contributed by atoms with Gasteiger partial charge in [0, 0.05) is 43.6 Å². The van der Waals surface area contributed by atoms with Gasteiger partial charge in [-0.05, 0) is 61.2 Å². The molecule has 1 fully saturated rings. The van der Waals surface area contributed by atoms with Crippen molar-refractivity contribution in [1.82, 2.24) is 9.88 Å². The van der Waals surface area contributed by atoms with Gasteiger partial charge in [-0.3, -0.25) is 9.78 Å². The average Bonchev–Trinajstić information content (AvgIpc) is 2.63. The fraction of sp³-hybridized carbons (Fsp3) is 0.368. The molecule has 126 valence electrons. The number of hydrogen-bond acceptors (Lipinski definition) is 3. The monoisotopic (exact) mass is 327 g/mol. The summed E-state index contributed by atoms with van der Waals surface area (Å²) in [5.41, 5.74) is 2.03. The third-order valence-electron chi connectivity index (χ3n) is 4.37. The first-order valence-corrected chi connectivity index (χ1v) is 8.39. The number of likely N-dealkylation sites (tertiary alicyclic amines) is 1. The second kappa shape index (κ2) is 7.90. The minimum absolute atomic E-state index is 0.192. The van der Waals surface area contributed by atoms with E-state index in [0.717, 1.165) is 37.1 Å². The molecule has 3 rings (SSSR count). The fourth-order valence-corrected chi connectivity index (χ4v) is 3.06. The van der Waals surface area contributed by atoms with Crippen molar-refractivity contribution in [2.24, 2.45) is 0 Å². The Morgan fingerprint density at radius 2 is 1.96 bits per heavy atom. The average molecular weight is 327 g/mol. The summed E-state index contributed by atoms with van der Waals surface area (Å²) in [7, 11) is 0. The molecule has 1 aromatic heterocycles. The van der Waals surface area contributed by atoms with Crippen LogP contribution in [0.5, 0.6) is 0 Å². The lowest BCUT2D eigenvalue weighted by atomic mass is 10.0. The maximum atomic E-state index is 13.0. The first kappa shape index (κ1) is 16.4. The number of pyridine rings is 1. The van der Waals surface area contributed by atoms with Crippen molar-refractivity contribution >= 4 is 11.6 Å². The molecule has 24 heavy (non-hydrogen) atoms. The Labute approximate surface area is 141 Å². The van der Waals surface area contributed by atoms with Crippen LogP contribution in [0.25, 0.3) is 0 Å². The maximum Gasteiger partial charge on any atom is 0.222 e. The second-order valence-electron chi connectivity index (χ2n) is 6.19. The summed E-state index contributed by atoms with van der Waals surface area (Å²) >= 11 is 0. The van der Waals surface area contributed by atoms with Crippen molar-refractivity contribution in [1.29, 1.82) is 0 Å². The molecular weight excluding hydrogens is 305 g/mol. The summed E-state index contributed by atoms with van der Waals surface area (Å²) in [6.07, 6.45) is 6.78. The highest BCUT2D eigenvalue weighted by Gasteiger charge is 2.23. The molecule has 1 aliphatic rings. The van der Waals surface area contributed by atoms with Crippen molar-refractivity contribution in [2.45, 2.75) is 31.7 Å². The van der Waals surface area contributed by atoms with Crippen LogP contribution in [0.15, 0.2) is 48.8 Å². The molecule has 0 radical (unpaired) electrons. The lowest BCUT2D eigenvalue weighted by Crippen LogP contribution is -2.45. The van der Waals surface area contributed by atoms with Crippen LogP contribution in [-0.4, -0.2) is 34.9 Å². The zero-order valence-electron chi connectivity index (χ0n) is 13.6. The molecule has 1 N–H and O–H groups in total. The SMILES string of the molecule is O=C(CCc1ccncc1)N1CCC[C@H](Nc2ccc(F)cc2)C1. The Kier molecular flexibility index (Phi) is 5.41. The number of rotatable bonds is 5. The third-order valence-corrected chi connectivity index (χ3v) is 4.37. The zero-order chi connectivity index (χ0) is 16.8. The number of benzene rings is 1. The number of halogens is 1. The standard InChI is InChI=1S/C19H22FN3O/c20-16-4-6-17(7-5-16)22-18-2-1-13-23(14-18)19(24)8-3-15-9-11-21-12-10-15/h4-7,9-12,18,22H,1-3,8,13-14H2/t18-/m0/s1. The third kappa shape index (κ3) is 4.54. The number of piperidine rings is 1. The number of carbonyl (C=O) groups is 1. The van der Waals surface area contributed by atoms with E-state index in [1.807, 2.05) is 17.0 Å². The van der Waals surface area contributed by atoms with Gasteiger partial charge in [0.15, 0.2) is 0 Å². The zero-order valence-corrected chi connectivity index (χ0v) is 13.6. The summed E-state index contributed by atoms with van der Waals surface area (Å²) < 4.78 is 13.0. The van der Waals surface area contributed by atoms with E-state index in [1.165, 1.54) is 12.1 Å². The first-order chi connectivity index (χ1) is 11.7. The quantitative estimate of drug-likeness (QED) is 0.917. The van der Waals surface area contributed by atoms with Crippen molar-refractivity contribution in [3.05, 3.63) is 60.2 Å². The topological polar surface area (TPSA) is 45.2 Å². The number of anilines is 1. The van der Waals surface area contributed by atoms with Crippen LogP contribution in [0.1, 0.15) is 24.8 Å². The molecule has 4 nitrogen and oxygen atoms in total. The van der Waals surface area contributed by atoms with E-state index in [0.29, 0.717) is 13.0 Å². The molecule has 1 aliphatic heterocycles. The van der Waals surface area contributed by atoms with Crippen LogP contribution in [0.4, 0.5) is 10.1 Å². The van der Waals surface area contributed by atoms with Crippen LogP contribution in [0.3, 0.4) is 0 Å². The van der Waals surface area contributed by atoms with E-state index in [4.69, 9.17) is 0 Å². The molecule has 0 spiro atoms. The summed E-state index contributed by atoms with van der Waals surface area (Å²) in [5, 5.41) is 3.40. The van der Waals surface area contributed by atoms with Gasteiger partial charge in [0.2, 0.25) is 5.91 Å². The molecule has 2 heterocycles. The molecule has 0 saturated carbocycles. The highest BCUT2D eigenvalue weighted by molar-refractivity contribution is 5.76. The molecule has 1 amide bonds. The van der Waals surface area contributed by atoms with Gasteiger partial charge in [0.05, 0.1) is 0 Å². The lowest BCUT2D eigenvalue weighted by Gasteiger charge is -2.34. The van der Waals surface area contributed by atoms with Crippen molar-refractivity contribution in [3.63, 3.8) is 0 Å². The summed E-state index contributed by atoms with van der Waals surface area (Å²) in [6.45, 7) is 1.52. The number of nitrogens with one attached hydrogen (secondary N) is 1. The minimum Gasteiger partial charge on any atom is -0.381 e. The van der Waals surface area contributed by atoms with Gasteiger partial charge < -0.3 is 10.2 Å². The molecule has 0 unspecified atom stereocenters. The van der Waals surface area contributed by atoms with Gasteiger partial charge in [-0.2, -0.15) is 0 Å². The second-order valence-corrected chi connectivity index (χ2v) is 6.19. The van der Waals surface area contributed by atoms with Gasteiger partial charge in [0.25, 0.3) is 0 Å². The van der Waals surface area contributed by atoms with E-state index in [1.54, 1.807) is 24.5 Å². The number of amides is 1. The summed E-state index contributed by atoms with van der Waals surface area (Å²) in [5.74, 6) is -0.0467. The van der Waals surface area contributed by atoms with E-state index in [9.17, 15) is 9.18 Å². The first-order valence-electron chi connectivity index (χ1n) is 8.39. The van der Waals surface area contributed by atoms with Crippen LogP contribution in [0.2, 0.25) is 0 Å². The molecule has 0 aliphatic carbocycles. The fourth-order valence-electron chi connectivity index (χ4n) is 3.06.